The highest BCUT2D eigenvalue weighted by Crippen LogP contribution is 2.05. The van der Waals surface area contributed by atoms with Gasteiger partial charge >= 0.3 is 0 Å². The van der Waals surface area contributed by atoms with Crippen LogP contribution in [0.2, 0.25) is 0 Å². The minimum absolute atomic E-state index is 0.0303. The third-order valence-electron chi connectivity index (χ3n) is 2.23. The molecule has 0 aliphatic carbocycles. The zero-order chi connectivity index (χ0) is 11.4. The highest BCUT2D eigenvalue weighted by Gasteiger charge is 2.13. The number of hydrogen-bond acceptors (Lipinski definition) is 5. The van der Waals surface area contributed by atoms with Crippen molar-refractivity contribution < 1.29 is 4.79 Å². The van der Waals surface area contributed by atoms with E-state index in [2.05, 4.69) is 20.7 Å². The van der Waals surface area contributed by atoms with E-state index in [1.165, 1.54) is 6.20 Å². The molecule has 84 valence electrons. The van der Waals surface area contributed by atoms with Crippen LogP contribution in [0.25, 0.3) is 0 Å². The van der Waals surface area contributed by atoms with E-state index in [9.17, 15) is 4.79 Å². The molecule has 0 radical (unpaired) electrons. The third-order valence-corrected chi connectivity index (χ3v) is 2.71. The number of Topliss-reactive ketones (excluding diaryl/α,β-unsaturated/α-hetero) is 1. The molecule has 5 nitrogen and oxygen atoms in total. The molecule has 2 heterocycles. The largest absolute Gasteiger partial charge is 0.335 e. The Labute approximate surface area is 97.5 Å². The number of rotatable bonds is 5. The molecule has 0 aliphatic heterocycles. The van der Waals surface area contributed by atoms with Gasteiger partial charge in [-0.3, -0.25) is 4.79 Å². The highest BCUT2D eigenvalue weighted by molar-refractivity contribution is 6.99. The topological polar surface area (TPSA) is 60.7 Å². The molecule has 0 fully saturated rings. The first-order valence-corrected chi connectivity index (χ1v) is 5.85. The predicted octanol–water partition coefficient (Wildman–Crippen LogP) is 1.57. The van der Waals surface area contributed by atoms with Gasteiger partial charge in [0.15, 0.2) is 5.78 Å². The second kappa shape index (κ2) is 4.98. The van der Waals surface area contributed by atoms with Crippen molar-refractivity contribution in [3.05, 3.63) is 30.1 Å². The number of carbonyl (C=O) groups excluding carboxylic acids is 1. The number of imidazole rings is 1. The van der Waals surface area contributed by atoms with Crippen molar-refractivity contribution in [2.24, 2.45) is 0 Å². The number of carbonyl (C=O) groups is 1. The molecule has 0 N–H and O–H groups in total. The molecule has 0 unspecified atom stereocenters. The molecule has 0 spiro atoms. The Morgan fingerprint density at radius 1 is 1.56 bits per heavy atom. The molecule has 2 aromatic rings. The van der Waals surface area contributed by atoms with E-state index >= 15 is 0 Å². The first-order chi connectivity index (χ1) is 7.81. The summed E-state index contributed by atoms with van der Waals surface area (Å²) < 4.78 is 9.73. The summed E-state index contributed by atoms with van der Waals surface area (Å²) in [7, 11) is 0. The normalized spacial score (nSPS) is 10.6. The maximum atomic E-state index is 11.8. The Bertz CT molecular complexity index is 463. The summed E-state index contributed by atoms with van der Waals surface area (Å²) in [6, 6.07) is 0. The van der Waals surface area contributed by atoms with Gasteiger partial charge in [0.2, 0.25) is 0 Å². The Balaban J connectivity index is 2.09. The number of hydrogen-bond donors (Lipinski definition) is 0. The van der Waals surface area contributed by atoms with Crippen LogP contribution in [0, 0.1) is 0 Å². The molecule has 2 rings (SSSR count). The maximum Gasteiger partial charge on any atom is 0.191 e. The lowest BCUT2D eigenvalue weighted by Gasteiger charge is -2.04. The van der Waals surface area contributed by atoms with E-state index in [1.54, 1.807) is 6.20 Å². The summed E-state index contributed by atoms with van der Waals surface area (Å²) >= 11 is 1.05. The molecule has 0 atom stereocenters. The van der Waals surface area contributed by atoms with Gasteiger partial charge in [-0.1, -0.05) is 6.92 Å². The van der Waals surface area contributed by atoms with Crippen LogP contribution in [-0.4, -0.2) is 24.1 Å². The first kappa shape index (κ1) is 10.9. The van der Waals surface area contributed by atoms with Crippen molar-refractivity contribution in [1.29, 1.82) is 0 Å². The van der Waals surface area contributed by atoms with E-state index in [-0.39, 0.29) is 5.78 Å². The number of aryl methyl sites for hydroxylation is 1. The average molecular weight is 236 g/mol. The molecular formula is C10H12N4OS. The van der Waals surface area contributed by atoms with E-state index in [0.29, 0.717) is 12.1 Å². The number of ketones is 1. The van der Waals surface area contributed by atoms with Crippen LogP contribution < -0.4 is 0 Å². The minimum atomic E-state index is -0.0303. The van der Waals surface area contributed by atoms with Gasteiger partial charge in [-0.25, -0.2) is 4.98 Å². The molecule has 0 aliphatic rings. The van der Waals surface area contributed by atoms with Gasteiger partial charge in [-0.05, 0) is 6.42 Å². The first-order valence-electron chi connectivity index (χ1n) is 5.12. The summed E-state index contributed by atoms with van der Waals surface area (Å²) in [5.41, 5.74) is 0.427. The fourth-order valence-electron chi connectivity index (χ4n) is 1.47. The summed E-state index contributed by atoms with van der Waals surface area (Å²) in [5.74, 6) is 0.761. The van der Waals surface area contributed by atoms with Gasteiger partial charge in [0.05, 0.1) is 24.3 Å². The molecule has 0 amide bonds. The molecule has 2 aromatic heterocycles. The van der Waals surface area contributed by atoms with Crippen molar-refractivity contribution in [3.8, 4) is 0 Å². The van der Waals surface area contributed by atoms with Crippen LogP contribution >= 0.6 is 11.7 Å². The quantitative estimate of drug-likeness (QED) is 0.739. The lowest BCUT2D eigenvalue weighted by Crippen LogP contribution is -2.10. The summed E-state index contributed by atoms with van der Waals surface area (Å²) in [4.78, 5) is 16.0. The number of nitrogens with zero attached hydrogens (tertiary/aromatic N) is 4. The van der Waals surface area contributed by atoms with E-state index in [4.69, 9.17) is 0 Å². The third kappa shape index (κ3) is 2.33. The molecule has 0 saturated heterocycles. The zero-order valence-corrected chi connectivity index (χ0v) is 9.78. The molecule has 16 heavy (non-hydrogen) atoms. The minimum Gasteiger partial charge on any atom is -0.335 e. The molecule has 0 bridgehead atoms. The maximum absolute atomic E-state index is 11.8. The van der Waals surface area contributed by atoms with Crippen molar-refractivity contribution >= 4 is 17.5 Å². The van der Waals surface area contributed by atoms with Crippen molar-refractivity contribution in [2.45, 2.75) is 26.3 Å². The standard InChI is InChI=1S/C10H12N4OS/c1-2-4-14-5-3-11-10(14)6-9(15)8-7-12-16-13-8/h3,5,7H,2,4,6H2,1H3. The van der Waals surface area contributed by atoms with Gasteiger partial charge in [-0.2, -0.15) is 8.75 Å². The smallest absolute Gasteiger partial charge is 0.191 e. The number of aromatic nitrogens is 4. The Kier molecular flexibility index (Phi) is 3.40. The van der Waals surface area contributed by atoms with E-state index in [0.717, 1.165) is 30.5 Å². The monoisotopic (exact) mass is 236 g/mol. The fraction of sp³-hybridized carbons (Fsp3) is 0.400. The second-order valence-corrected chi connectivity index (χ2v) is 3.99. The Hall–Kier alpha value is -1.56. The van der Waals surface area contributed by atoms with Crippen molar-refractivity contribution in [3.63, 3.8) is 0 Å². The lowest BCUT2D eigenvalue weighted by molar-refractivity contribution is 0.0986. The Morgan fingerprint density at radius 3 is 3.12 bits per heavy atom. The van der Waals surface area contributed by atoms with Gasteiger partial charge in [-0.15, -0.1) is 0 Å². The lowest BCUT2D eigenvalue weighted by atomic mass is 10.2. The van der Waals surface area contributed by atoms with E-state index < -0.39 is 0 Å². The Morgan fingerprint density at radius 2 is 2.44 bits per heavy atom. The summed E-state index contributed by atoms with van der Waals surface area (Å²) in [5, 5.41) is 0. The van der Waals surface area contributed by atoms with Crippen LogP contribution in [0.15, 0.2) is 18.6 Å². The summed E-state index contributed by atoms with van der Waals surface area (Å²) in [6.45, 7) is 2.98. The van der Waals surface area contributed by atoms with Crippen LogP contribution in [-0.2, 0) is 13.0 Å². The molecule has 0 aromatic carbocycles. The fourth-order valence-corrected chi connectivity index (χ4v) is 1.90. The van der Waals surface area contributed by atoms with Crippen LogP contribution in [0.5, 0.6) is 0 Å². The highest BCUT2D eigenvalue weighted by atomic mass is 32.1. The SMILES string of the molecule is CCCn1ccnc1CC(=O)c1cnsn1. The second-order valence-electron chi connectivity index (χ2n) is 3.43. The molecule has 6 heteroatoms. The predicted molar refractivity (Wildman–Crippen MR) is 60.5 cm³/mol. The van der Waals surface area contributed by atoms with Crippen LogP contribution in [0.3, 0.4) is 0 Å². The molecule has 0 saturated carbocycles. The van der Waals surface area contributed by atoms with E-state index in [1.807, 2.05) is 10.8 Å². The van der Waals surface area contributed by atoms with Gasteiger partial charge in [0, 0.05) is 18.9 Å². The van der Waals surface area contributed by atoms with Crippen LogP contribution in [0.4, 0.5) is 0 Å². The average Bonchev–Trinajstić information content (AvgIpc) is 2.90. The molecular weight excluding hydrogens is 224 g/mol. The van der Waals surface area contributed by atoms with Gasteiger partial charge in [0.25, 0.3) is 0 Å². The summed E-state index contributed by atoms with van der Waals surface area (Å²) in [6.07, 6.45) is 6.43. The zero-order valence-electron chi connectivity index (χ0n) is 8.96. The van der Waals surface area contributed by atoms with Crippen molar-refractivity contribution in [1.82, 2.24) is 18.3 Å². The van der Waals surface area contributed by atoms with Gasteiger partial charge < -0.3 is 4.57 Å². The van der Waals surface area contributed by atoms with Crippen molar-refractivity contribution in [2.75, 3.05) is 0 Å². The van der Waals surface area contributed by atoms with Crippen LogP contribution in [0.1, 0.15) is 29.7 Å². The van der Waals surface area contributed by atoms with Gasteiger partial charge in [0.1, 0.15) is 11.5 Å².